The molecule has 1 aromatic carbocycles. The summed E-state index contributed by atoms with van der Waals surface area (Å²) >= 11 is 1.42. The van der Waals surface area contributed by atoms with Crippen LogP contribution in [0, 0.1) is 12.3 Å². The van der Waals surface area contributed by atoms with E-state index in [2.05, 4.69) is 0 Å². The highest BCUT2D eigenvalue weighted by Crippen LogP contribution is 2.34. The number of aryl methyl sites for hydroxylation is 1. The van der Waals surface area contributed by atoms with Gasteiger partial charge in [-0.15, -0.1) is 11.3 Å². The van der Waals surface area contributed by atoms with Crippen LogP contribution in [0.4, 0.5) is 0 Å². The van der Waals surface area contributed by atoms with Gasteiger partial charge in [0, 0.05) is 18.7 Å². The van der Waals surface area contributed by atoms with Gasteiger partial charge in [0.05, 0.1) is 10.3 Å². The van der Waals surface area contributed by atoms with E-state index >= 15 is 0 Å². The predicted octanol–water partition coefficient (Wildman–Crippen LogP) is 4.05. The van der Waals surface area contributed by atoms with Gasteiger partial charge in [-0.3, -0.25) is 9.59 Å². The lowest BCUT2D eigenvalue weighted by molar-refractivity contribution is -0.150. The number of benzene rings is 1. The first-order valence-corrected chi connectivity index (χ1v) is 8.96. The van der Waals surface area contributed by atoms with Crippen LogP contribution in [0.2, 0.25) is 0 Å². The molecule has 1 aliphatic rings. The molecule has 1 unspecified atom stereocenters. The Morgan fingerprint density at radius 1 is 1.21 bits per heavy atom. The predicted molar refractivity (Wildman–Crippen MR) is 95.4 cm³/mol. The Balaban J connectivity index is 1.87. The molecule has 3 rings (SSSR count). The number of carbonyl (C=O) groups is 2. The number of piperidine rings is 1. The monoisotopic (exact) mass is 343 g/mol. The van der Waals surface area contributed by atoms with E-state index in [0.717, 1.165) is 17.5 Å². The molecule has 1 amide bonds. The Bertz CT molecular complexity index is 765. The minimum Gasteiger partial charge on any atom is -0.481 e. The summed E-state index contributed by atoms with van der Waals surface area (Å²) in [4.78, 5) is 26.9. The second kappa shape index (κ2) is 6.40. The third kappa shape index (κ3) is 3.08. The van der Waals surface area contributed by atoms with Crippen LogP contribution in [0.15, 0.2) is 35.7 Å². The minimum atomic E-state index is -0.852. The Morgan fingerprint density at radius 2 is 1.92 bits per heavy atom. The molecule has 4 nitrogen and oxygen atoms in total. The molecule has 0 aliphatic carbocycles. The van der Waals surface area contributed by atoms with Crippen molar-refractivity contribution in [2.24, 2.45) is 5.41 Å². The molecular formula is C19H21NO3S. The van der Waals surface area contributed by atoms with E-state index in [0.29, 0.717) is 17.8 Å². The molecule has 1 atom stereocenters. The number of carboxylic acids is 1. The Kier molecular flexibility index (Phi) is 4.45. The van der Waals surface area contributed by atoms with E-state index in [1.165, 1.54) is 16.9 Å². The fourth-order valence-corrected chi connectivity index (χ4v) is 4.05. The largest absolute Gasteiger partial charge is 0.481 e. The lowest BCUT2D eigenvalue weighted by Crippen LogP contribution is -2.48. The summed E-state index contributed by atoms with van der Waals surface area (Å²) in [6, 6.07) is 10.1. The zero-order chi connectivity index (χ0) is 17.3. The smallest absolute Gasteiger partial charge is 0.311 e. The van der Waals surface area contributed by atoms with E-state index in [-0.39, 0.29) is 12.5 Å². The number of rotatable bonds is 3. The van der Waals surface area contributed by atoms with E-state index < -0.39 is 11.4 Å². The maximum Gasteiger partial charge on any atom is 0.311 e. The highest BCUT2D eigenvalue weighted by Gasteiger charge is 2.40. The highest BCUT2D eigenvalue weighted by atomic mass is 32.1. The van der Waals surface area contributed by atoms with Gasteiger partial charge in [0.1, 0.15) is 0 Å². The molecule has 24 heavy (non-hydrogen) atoms. The molecule has 5 heteroatoms. The third-order valence-corrected chi connectivity index (χ3v) is 5.62. The normalized spacial score (nSPS) is 20.8. The van der Waals surface area contributed by atoms with E-state index in [9.17, 15) is 14.7 Å². The van der Waals surface area contributed by atoms with Gasteiger partial charge in [0.2, 0.25) is 0 Å². The molecule has 1 fully saturated rings. The van der Waals surface area contributed by atoms with Crippen molar-refractivity contribution >= 4 is 23.2 Å². The lowest BCUT2D eigenvalue weighted by Gasteiger charge is -2.37. The molecule has 126 valence electrons. The third-order valence-electron chi connectivity index (χ3n) is 4.72. The number of likely N-dealkylation sites (tertiary alicyclic amines) is 1. The van der Waals surface area contributed by atoms with Crippen LogP contribution in [-0.4, -0.2) is 35.0 Å². The number of carbonyl (C=O) groups excluding carboxylic acids is 1. The average molecular weight is 343 g/mol. The summed E-state index contributed by atoms with van der Waals surface area (Å²) in [5.41, 5.74) is 2.26. The molecule has 1 aliphatic heterocycles. The number of aliphatic carboxylic acids is 1. The van der Waals surface area contributed by atoms with Gasteiger partial charge in [-0.1, -0.05) is 29.8 Å². The van der Waals surface area contributed by atoms with Crippen molar-refractivity contribution in [1.82, 2.24) is 4.90 Å². The SMILES string of the molecule is Cc1ccc(-c2ccsc2C(=O)N2CCCC(C)(C(=O)O)C2)cc1. The topological polar surface area (TPSA) is 57.6 Å². The van der Waals surface area contributed by atoms with Gasteiger partial charge < -0.3 is 10.0 Å². The molecule has 1 N–H and O–H groups in total. The second-order valence-corrected chi connectivity index (χ2v) is 7.64. The van der Waals surface area contributed by atoms with Crippen molar-refractivity contribution in [2.45, 2.75) is 26.7 Å². The lowest BCUT2D eigenvalue weighted by atomic mass is 9.82. The van der Waals surface area contributed by atoms with Gasteiger partial charge in [-0.2, -0.15) is 0 Å². The average Bonchev–Trinajstić information content (AvgIpc) is 3.04. The van der Waals surface area contributed by atoms with Crippen molar-refractivity contribution in [2.75, 3.05) is 13.1 Å². The van der Waals surface area contributed by atoms with E-state index in [4.69, 9.17) is 0 Å². The molecule has 1 aromatic heterocycles. The summed E-state index contributed by atoms with van der Waals surface area (Å²) in [6.07, 6.45) is 1.33. The molecule has 2 aromatic rings. The van der Waals surface area contributed by atoms with Crippen LogP contribution < -0.4 is 0 Å². The van der Waals surface area contributed by atoms with Crippen LogP contribution in [0.3, 0.4) is 0 Å². The fourth-order valence-electron chi connectivity index (χ4n) is 3.17. The van der Waals surface area contributed by atoms with Crippen molar-refractivity contribution in [3.05, 3.63) is 46.2 Å². The standard InChI is InChI=1S/C19H21NO3S/c1-13-4-6-14(7-5-13)15-8-11-24-16(15)17(21)20-10-3-9-19(2,12-20)18(22)23/h4-8,11H,3,9-10,12H2,1-2H3,(H,22,23). The van der Waals surface area contributed by atoms with Gasteiger partial charge in [-0.05, 0) is 43.7 Å². The summed E-state index contributed by atoms with van der Waals surface area (Å²) in [5, 5.41) is 11.4. The Labute approximate surface area is 145 Å². The van der Waals surface area contributed by atoms with Gasteiger partial charge >= 0.3 is 5.97 Å². The van der Waals surface area contributed by atoms with Gasteiger partial charge in [0.25, 0.3) is 5.91 Å². The highest BCUT2D eigenvalue weighted by molar-refractivity contribution is 7.12. The summed E-state index contributed by atoms with van der Waals surface area (Å²) in [6.45, 7) is 4.65. The van der Waals surface area contributed by atoms with E-state index in [1.54, 1.807) is 11.8 Å². The zero-order valence-electron chi connectivity index (χ0n) is 13.9. The van der Waals surface area contributed by atoms with Crippen molar-refractivity contribution in [3.63, 3.8) is 0 Å². The molecule has 0 spiro atoms. The maximum atomic E-state index is 13.0. The number of carboxylic acid groups (broad SMARTS) is 1. The molecular weight excluding hydrogens is 322 g/mol. The first-order valence-electron chi connectivity index (χ1n) is 8.08. The van der Waals surface area contributed by atoms with Gasteiger partial charge in [0.15, 0.2) is 0 Å². The van der Waals surface area contributed by atoms with Crippen molar-refractivity contribution < 1.29 is 14.7 Å². The van der Waals surface area contributed by atoms with Crippen molar-refractivity contribution in [1.29, 1.82) is 0 Å². The number of nitrogens with zero attached hydrogens (tertiary/aromatic N) is 1. The molecule has 1 saturated heterocycles. The summed E-state index contributed by atoms with van der Waals surface area (Å²) in [7, 11) is 0. The van der Waals surface area contributed by atoms with Crippen LogP contribution in [0.5, 0.6) is 0 Å². The molecule has 2 heterocycles. The second-order valence-electron chi connectivity index (χ2n) is 6.73. The first kappa shape index (κ1) is 16.7. The van der Waals surface area contributed by atoms with Crippen molar-refractivity contribution in [3.8, 4) is 11.1 Å². The van der Waals surface area contributed by atoms with Crippen LogP contribution in [0.1, 0.15) is 35.0 Å². The van der Waals surface area contributed by atoms with E-state index in [1.807, 2.05) is 42.6 Å². The molecule has 0 bridgehead atoms. The Morgan fingerprint density at radius 3 is 2.58 bits per heavy atom. The minimum absolute atomic E-state index is 0.0623. The maximum absolute atomic E-state index is 13.0. The zero-order valence-corrected chi connectivity index (χ0v) is 14.7. The first-order chi connectivity index (χ1) is 11.4. The van der Waals surface area contributed by atoms with Crippen LogP contribution in [0.25, 0.3) is 11.1 Å². The molecule has 0 radical (unpaired) electrons. The number of hydrogen-bond acceptors (Lipinski definition) is 3. The number of thiophene rings is 1. The van der Waals surface area contributed by atoms with Gasteiger partial charge in [-0.25, -0.2) is 0 Å². The molecule has 0 saturated carbocycles. The fraction of sp³-hybridized carbons (Fsp3) is 0.368. The summed E-state index contributed by atoms with van der Waals surface area (Å²) in [5.74, 6) is -0.891. The van der Waals surface area contributed by atoms with Crippen LogP contribution in [-0.2, 0) is 4.79 Å². The van der Waals surface area contributed by atoms with Crippen LogP contribution >= 0.6 is 11.3 Å². The Hall–Kier alpha value is -2.14. The quantitative estimate of drug-likeness (QED) is 0.914. The number of amides is 1. The number of hydrogen-bond donors (Lipinski definition) is 1. The summed E-state index contributed by atoms with van der Waals surface area (Å²) < 4.78 is 0.